The molecule has 1 fully saturated rings. The number of alkyl halides is 3. The van der Waals surface area contributed by atoms with Crippen molar-refractivity contribution in [3.63, 3.8) is 0 Å². The Morgan fingerprint density at radius 2 is 1.86 bits per heavy atom. The summed E-state index contributed by atoms with van der Waals surface area (Å²) in [6, 6.07) is 4.30. The predicted molar refractivity (Wildman–Crippen MR) is 77.5 cm³/mol. The molecule has 0 saturated heterocycles. The maximum absolute atomic E-state index is 12.2. The Labute approximate surface area is 130 Å². The number of hydrogen-bond donors (Lipinski definition) is 0. The average molecular weight is 367 g/mol. The third kappa shape index (κ3) is 5.09. The average Bonchev–Trinajstić information content (AvgIpc) is 2.41. The second-order valence-corrected chi connectivity index (χ2v) is 6.16. The summed E-state index contributed by atoms with van der Waals surface area (Å²) in [6.07, 6.45) is 0.947. The van der Waals surface area contributed by atoms with Crippen LogP contribution in [0.1, 0.15) is 39.0 Å². The van der Waals surface area contributed by atoms with E-state index >= 15 is 0 Å². The number of rotatable bonds is 4. The molecule has 0 spiro atoms. The van der Waals surface area contributed by atoms with E-state index in [1.54, 1.807) is 0 Å². The van der Waals surface area contributed by atoms with Crippen molar-refractivity contribution in [2.45, 2.75) is 51.5 Å². The molecule has 0 aliphatic heterocycles. The van der Waals surface area contributed by atoms with Crippen LogP contribution in [0.4, 0.5) is 13.2 Å². The Hall–Kier alpha value is -0.910. The van der Waals surface area contributed by atoms with Crippen molar-refractivity contribution in [1.29, 1.82) is 0 Å². The lowest BCUT2D eigenvalue weighted by Gasteiger charge is -2.28. The molecule has 1 saturated carbocycles. The maximum atomic E-state index is 12.2. The van der Waals surface area contributed by atoms with Crippen LogP contribution in [0.25, 0.3) is 0 Å². The summed E-state index contributed by atoms with van der Waals surface area (Å²) in [4.78, 5) is 0. The second-order valence-electron chi connectivity index (χ2n) is 5.31. The van der Waals surface area contributed by atoms with Crippen LogP contribution in [0.5, 0.6) is 11.5 Å². The van der Waals surface area contributed by atoms with Crippen molar-refractivity contribution in [1.82, 2.24) is 0 Å². The van der Waals surface area contributed by atoms with Gasteiger partial charge in [0.25, 0.3) is 0 Å². The van der Waals surface area contributed by atoms with Gasteiger partial charge < -0.3 is 9.47 Å². The van der Waals surface area contributed by atoms with Crippen LogP contribution in [0.3, 0.4) is 0 Å². The smallest absolute Gasteiger partial charge is 0.490 e. The minimum absolute atomic E-state index is 0.147. The minimum Gasteiger partial charge on any atom is -0.490 e. The molecule has 1 aliphatic carbocycles. The molecule has 0 aromatic heterocycles. The molecule has 1 aromatic carbocycles. The third-order valence-corrected chi connectivity index (χ3v) is 4.42. The van der Waals surface area contributed by atoms with Crippen LogP contribution in [-0.4, -0.2) is 12.5 Å². The lowest BCUT2D eigenvalue weighted by molar-refractivity contribution is -0.274. The van der Waals surface area contributed by atoms with Crippen molar-refractivity contribution in [3.8, 4) is 11.5 Å². The Balaban J connectivity index is 1.94. The van der Waals surface area contributed by atoms with Crippen LogP contribution < -0.4 is 9.47 Å². The Morgan fingerprint density at radius 1 is 1.19 bits per heavy atom. The van der Waals surface area contributed by atoms with Gasteiger partial charge in [-0.25, -0.2) is 0 Å². The standard InChI is InChI=1S/C15H18BrF3O2/c1-2-10-3-5-11(6-4-10)20-12-7-8-14(13(16)9-12)21-15(17,18)19/h7-11H,2-6H2,1H3. The first kappa shape index (κ1) is 16.5. The van der Waals surface area contributed by atoms with Gasteiger partial charge in [-0.2, -0.15) is 0 Å². The highest BCUT2D eigenvalue weighted by Gasteiger charge is 2.32. The normalized spacial score (nSPS) is 22.9. The van der Waals surface area contributed by atoms with Gasteiger partial charge in [-0.05, 0) is 65.7 Å². The van der Waals surface area contributed by atoms with E-state index < -0.39 is 6.36 Å². The SMILES string of the molecule is CCC1CCC(Oc2ccc(OC(F)(F)F)c(Br)c2)CC1. The topological polar surface area (TPSA) is 18.5 Å². The summed E-state index contributed by atoms with van der Waals surface area (Å²) in [7, 11) is 0. The summed E-state index contributed by atoms with van der Waals surface area (Å²) in [5.74, 6) is 1.08. The molecule has 6 heteroatoms. The van der Waals surface area contributed by atoms with E-state index in [2.05, 4.69) is 27.6 Å². The van der Waals surface area contributed by atoms with Crippen molar-refractivity contribution < 1.29 is 22.6 Å². The molecule has 118 valence electrons. The monoisotopic (exact) mass is 366 g/mol. The lowest BCUT2D eigenvalue weighted by Crippen LogP contribution is -2.23. The summed E-state index contributed by atoms with van der Waals surface area (Å²) >= 11 is 3.08. The van der Waals surface area contributed by atoms with Crippen LogP contribution in [0.15, 0.2) is 22.7 Å². The fourth-order valence-electron chi connectivity index (χ4n) is 2.61. The van der Waals surface area contributed by atoms with Crippen molar-refractivity contribution in [3.05, 3.63) is 22.7 Å². The fourth-order valence-corrected chi connectivity index (χ4v) is 3.05. The van der Waals surface area contributed by atoms with Crippen molar-refractivity contribution in [2.24, 2.45) is 5.92 Å². The van der Waals surface area contributed by atoms with Gasteiger partial charge in [-0.1, -0.05) is 13.3 Å². The molecule has 0 heterocycles. The Kier molecular flexibility index (Phi) is 5.41. The molecule has 0 atom stereocenters. The van der Waals surface area contributed by atoms with Crippen molar-refractivity contribution in [2.75, 3.05) is 0 Å². The highest BCUT2D eigenvalue weighted by Crippen LogP contribution is 2.35. The molecule has 0 unspecified atom stereocenters. The van der Waals surface area contributed by atoms with Gasteiger partial charge in [-0.15, -0.1) is 13.2 Å². The van der Waals surface area contributed by atoms with Gasteiger partial charge in [-0.3, -0.25) is 0 Å². The van der Waals surface area contributed by atoms with Gasteiger partial charge in [0.1, 0.15) is 11.5 Å². The number of benzene rings is 1. The maximum Gasteiger partial charge on any atom is 0.573 e. The highest BCUT2D eigenvalue weighted by atomic mass is 79.9. The van der Waals surface area contributed by atoms with E-state index in [4.69, 9.17) is 4.74 Å². The molecular formula is C15H18BrF3O2. The van der Waals surface area contributed by atoms with Gasteiger partial charge in [0.05, 0.1) is 10.6 Å². The summed E-state index contributed by atoms with van der Waals surface area (Å²) in [5.41, 5.74) is 0. The van der Waals surface area contributed by atoms with E-state index in [0.717, 1.165) is 31.6 Å². The molecule has 0 radical (unpaired) electrons. The zero-order chi connectivity index (χ0) is 15.5. The largest absolute Gasteiger partial charge is 0.573 e. The molecule has 21 heavy (non-hydrogen) atoms. The number of ether oxygens (including phenoxy) is 2. The first-order valence-corrected chi connectivity index (χ1v) is 7.88. The number of halogens is 4. The van der Waals surface area contributed by atoms with Gasteiger partial charge in [0, 0.05) is 0 Å². The summed E-state index contributed by atoms with van der Waals surface area (Å²) in [6.45, 7) is 2.20. The first-order chi connectivity index (χ1) is 9.87. The molecule has 1 aliphatic rings. The molecule has 2 rings (SSSR count). The van der Waals surface area contributed by atoms with Gasteiger partial charge in [0.15, 0.2) is 0 Å². The molecule has 1 aromatic rings. The van der Waals surface area contributed by atoms with E-state index in [1.165, 1.54) is 24.6 Å². The van der Waals surface area contributed by atoms with E-state index in [0.29, 0.717) is 5.75 Å². The summed E-state index contributed by atoms with van der Waals surface area (Å²) in [5, 5.41) is 0. The van der Waals surface area contributed by atoms with E-state index in [9.17, 15) is 13.2 Å². The van der Waals surface area contributed by atoms with Gasteiger partial charge in [0.2, 0.25) is 0 Å². The fraction of sp³-hybridized carbons (Fsp3) is 0.600. The molecule has 0 N–H and O–H groups in total. The molecule has 0 amide bonds. The Bertz CT molecular complexity index is 468. The molecule has 2 nitrogen and oxygen atoms in total. The van der Waals surface area contributed by atoms with Crippen molar-refractivity contribution >= 4 is 15.9 Å². The van der Waals surface area contributed by atoms with Crippen LogP contribution in [0, 0.1) is 5.92 Å². The predicted octanol–water partition coefficient (Wildman–Crippen LogP) is 5.70. The first-order valence-electron chi connectivity index (χ1n) is 7.09. The zero-order valence-electron chi connectivity index (χ0n) is 11.8. The van der Waals surface area contributed by atoms with E-state index in [1.807, 2.05) is 0 Å². The van der Waals surface area contributed by atoms with Crippen LogP contribution in [-0.2, 0) is 0 Å². The Morgan fingerprint density at radius 3 is 2.38 bits per heavy atom. The second kappa shape index (κ2) is 6.90. The number of hydrogen-bond acceptors (Lipinski definition) is 2. The highest BCUT2D eigenvalue weighted by molar-refractivity contribution is 9.10. The minimum atomic E-state index is -4.69. The van der Waals surface area contributed by atoms with E-state index in [-0.39, 0.29) is 16.3 Å². The zero-order valence-corrected chi connectivity index (χ0v) is 13.3. The van der Waals surface area contributed by atoms with Crippen LogP contribution >= 0.6 is 15.9 Å². The summed E-state index contributed by atoms with van der Waals surface area (Å²) < 4.78 is 46.6. The van der Waals surface area contributed by atoms with Crippen LogP contribution in [0.2, 0.25) is 0 Å². The molecular weight excluding hydrogens is 349 g/mol. The molecule has 0 bridgehead atoms. The quantitative estimate of drug-likeness (QED) is 0.680. The lowest BCUT2D eigenvalue weighted by atomic mass is 9.86. The third-order valence-electron chi connectivity index (χ3n) is 3.80. The van der Waals surface area contributed by atoms with Gasteiger partial charge >= 0.3 is 6.36 Å².